The number of benzene rings is 1. The van der Waals surface area contributed by atoms with Gasteiger partial charge < -0.3 is 9.15 Å². The molecule has 0 amide bonds. The number of aromatic nitrogens is 2. The van der Waals surface area contributed by atoms with Gasteiger partial charge in [0.2, 0.25) is 5.89 Å². The summed E-state index contributed by atoms with van der Waals surface area (Å²) in [6.45, 7) is 4.97. The summed E-state index contributed by atoms with van der Waals surface area (Å²) in [5.74, 6) is 1.61. The molecule has 1 unspecified atom stereocenters. The first kappa shape index (κ1) is 18.8. The molecule has 5 nitrogen and oxygen atoms in total. The van der Waals surface area contributed by atoms with Crippen LogP contribution in [0.2, 0.25) is 0 Å². The van der Waals surface area contributed by atoms with Crippen LogP contribution in [0.15, 0.2) is 53.2 Å². The maximum absolute atomic E-state index is 5.97. The van der Waals surface area contributed by atoms with Gasteiger partial charge in [0.05, 0.1) is 12.3 Å². The van der Waals surface area contributed by atoms with Gasteiger partial charge in [0.15, 0.2) is 0 Å². The first-order chi connectivity index (χ1) is 13.7. The van der Waals surface area contributed by atoms with Crippen molar-refractivity contribution in [3.63, 3.8) is 0 Å². The van der Waals surface area contributed by atoms with Gasteiger partial charge in [0.25, 0.3) is 0 Å². The zero-order valence-electron chi connectivity index (χ0n) is 16.6. The number of likely N-dealkylation sites (tertiary alicyclic amines) is 1. The third-order valence-electron chi connectivity index (χ3n) is 5.51. The van der Waals surface area contributed by atoms with E-state index in [-0.39, 0.29) is 0 Å². The Bertz CT molecular complexity index is 890. The van der Waals surface area contributed by atoms with E-state index in [0.29, 0.717) is 11.9 Å². The minimum absolute atomic E-state index is 0.539. The maximum atomic E-state index is 5.97. The predicted octanol–water partition coefficient (Wildman–Crippen LogP) is 4.37. The van der Waals surface area contributed by atoms with Gasteiger partial charge in [-0.2, -0.15) is 0 Å². The van der Waals surface area contributed by atoms with Gasteiger partial charge in [-0.05, 0) is 55.6 Å². The Labute approximate surface area is 166 Å². The van der Waals surface area contributed by atoms with Crippen LogP contribution in [0.5, 0.6) is 0 Å². The van der Waals surface area contributed by atoms with E-state index in [1.165, 1.54) is 12.8 Å². The van der Waals surface area contributed by atoms with Crippen molar-refractivity contribution in [2.24, 2.45) is 0 Å². The number of hydrogen-bond acceptors (Lipinski definition) is 5. The zero-order valence-corrected chi connectivity index (χ0v) is 16.6. The van der Waals surface area contributed by atoms with E-state index in [0.717, 1.165) is 54.3 Å². The minimum atomic E-state index is 0.539. The van der Waals surface area contributed by atoms with Crippen molar-refractivity contribution in [3.8, 4) is 22.6 Å². The highest BCUT2D eigenvalue weighted by Crippen LogP contribution is 2.26. The normalized spacial score (nSPS) is 17.3. The lowest BCUT2D eigenvalue weighted by atomic mass is 10.1. The molecule has 146 valence electrons. The Hall–Kier alpha value is -2.50. The molecule has 0 N–H and O–H groups in total. The van der Waals surface area contributed by atoms with Crippen LogP contribution in [-0.2, 0) is 11.2 Å². The molecule has 1 aromatic carbocycles. The van der Waals surface area contributed by atoms with Crippen LogP contribution in [0, 0.1) is 6.92 Å². The summed E-state index contributed by atoms with van der Waals surface area (Å²) in [6, 6.07) is 12.8. The Kier molecular flexibility index (Phi) is 5.84. The van der Waals surface area contributed by atoms with Gasteiger partial charge in [-0.15, -0.1) is 0 Å². The Morgan fingerprint density at radius 3 is 2.71 bits per heavy atom. The fourth-order valence-electron chi connectivity index (χ4n) is 3.94. The van der Waals surface area contributed by atoms with Gasteiger partial charge >= 0.3 is 0 Å². The van der Waals surface area contributed by atoms with E-state index in [1.807, 2.05) is 19.2 Å². The summed E-state index contributed by atoms with van der Waals surface area (Å²) >= 11 is 0. The summed E-state index contributed by atoms with van der Waals surface area (Å²) in [4.78, 5) is 11.5. The maximum Gasteiger partial charge on any atom is 0.226 e. The van der Waals surface area contributed by atoms with Crippen LogP contribution in [0.25, 0.3) is 22.6 Å². The van der Waals surface area contributed by atoms with Crippen LogP contribution in [0.1, 0.15) is 24.3 Å². The second-order valence-electron chi connectivity index (χ2n) is 7.38. The number of pyridine rings is 1. The van der Waals surface area contributed by atoms with Crippen LogP contribution in [0.4, 0.5) is 0 Å². The van der Waals surface area contributed by atoms with E-state index in [9.17, 15) is 0 Å². The van der Waals surface area contributed by atoms with Crippen molar-refractivity contribution in [1.82, 2.24) is 14.9 Å². The summed E-state index contributed by atoms with van der Waals surface area (Å²) in [7, 11) is 1.78. The average Bonchev–Trinajstić information content (AvgIpc) is 3.33. The SMILES string of the molecule is COCC1CCCN1CCc1nc(-c2ccc(-c3cccnc3)cc2)oc1C. The highest BCUT2D eigenvalue weighted by atomic mass is 16.5. The molecule has 3 heterocycles. The van der Waals surface area contributed by atoms with Crippen LogP contribution >= 0.6 is 0 Å². The smallest absolute Gasteiger partial charge is 0.226 e. The molecule has 0 bridgehead atoms. The van der Waals surface area contributed by atoms with Gasteiger partial charge in [-0.1, -0.05) is 18.2 Å². The van der Waals surface area contributed by atoms with Crippen molar-refractivity contribution in [2.45, 2.75) is 32.2 Å². The molecule has 3 aromatic rings. The Morgan fingerprint density at radius 1 is 1.14 bits per heavy atom. The van der Waals surface area contributed by atoms with Crippen LogP contribution in [-0.4, -0.2) is 47.7 Å². The number of oxazole rings is 1. The lowest BCUT2D eigenvalue weighted by molar-refractivity contribution is 0.116. The highest BCUT2D eigenvalue weighted by Gasteiger charge is 2.24. The molecule has 0 radical (unpaired) electrons. The van der Waals surface area contributed by atoms with Gasteiger partial charge in [0.1, 0.15) is 5.76 Å². The molecule has 1 aliphatic rings. The van der Waals surface area contributed by atoms with Gasteiger partial charge in [-0.3, -0.25) is 9.88 Å². The molecule has 5 heteroatoms. The third kappa shape index (κ3) is 4.16. The molecule has 4 rings (SSSR count). The number of nitrogens with zero attached hydrogens (tertiary/aromatic N) is 3. The van der Waals surface area contributed by atoms with E-state index in [1.54, 1.807) is 13.3 Å². The highest BCUT2D eigenvalue weighted by molar-refractivity contribution is 5.66. The van der Waals surface area contributed by atoms with Crippen molar-refractivity contribution in [3.05, 3.63) is 60.2 Å². The van der Waals surface area contributed by atoms with Crippen LogP contribution < -0.4 is 0 Å². The van der Waals surface area contributed by atoms with Crippen molar-refractivity contribution >= 4 is 0 Å². The molecule has 0 aliphatic carbocycles. The molecule has 0 saturated carbocycles. The van der Waals surface area contributed by atoms with Crippen molar-refractivity contribution in [2.75, 3.05) is 26.8 Å². The first-order valence-corrected chi connectivity index (χ1v) is 9.94. The molecular formula is C23H27N3O2. The predicted molar refractivity (Wildman–Crippen MR) is 110 cm³/mol. The third-order valence-corrected chi connectivity index (χ3v) is 5.51. The van der Waals surface area contributed by atoms with Gasteiger partial charge in [-0.25, -0.2) is 4.98 Å². The number of hydrogen-bond donors (Lipinski definition) is 0. The molecule has 1 saturated heterocycles. The zero-order chi connectivity index (χ0) is 19.3. The number of methoxy groups -OCH3 is 1. The fraction of sp³-hybridized carbons (Fsp3) is 0.391. The first-order valence-electron chi connectivity index (χ1n) is 9.94. The quantitative estimate of drug-likeness (QED) is 0.612. The van der Waals surface area contributed by atoms with E-state index >= 15 is 0 Å². The molecule has 1 atom stereocenters. The largest absolute Gasteiger partial charge is 0.441 e. The summed E-state index contributed by atoms with van der Waals surface area (Å²) in [5.41, 5.74) is 4.29. The summed E-state index contributed by atoms with van der Waals surface area (Å²) < 4.78 is 11.3. The molecule has 28 heavy (non-hydrogen) atoms. The molecule has 0 spiro atoms. The van der Waals surface area contributed by atoms with Crippen molar-refractivity contribution < 1.29 is 9.15 Å². The Balaban J connectivity index is 1.44. The van der Waals surface area contributed by atoms with Gasteiger partial charge in [0, 0.05) is 44.1 Å². The average molecular weight is 377 g/mol. The van der Waals surface area contributed by atoms with Crippen molar-refractivity contribution in [1.29, 1.82) is 0 Å². The van der Waals surface area contributed by atoms with E-state index in [4.69, 9.17) is 14.1 Å². The van der Waals surface area contributed by atoms with E-state index in [2.05, 4.69) is 40.2 Å². The molecular weight excluding hydrogens is 350 g/mol. The summed E-state index contributed by atoms with van der Waals surface area (Å²) in [5, 5.41) is 0. The second kappa shape index (κ2) is 8.67. The number of aryl methyl sites for hydroxylation is 1. The number of ether oxygens (including phenoxy) is 1. The molecule has 1 fully saturated rings. The number of rotatable bonds is 7. The standard InChI is InChI=1S/C23H27N3O2/c1-17-22(11-14-26-13-4-6-21(26)16-27-2)25-23(28-17)19-9-7-18(8-10-19)20-5-3-12-24-15-20/h3,5,7-10,12,15,21H,4,6,11,13-14,16H2,1-2H3. The topological polar surface area (TPSA) is 51.4 Å². The minimum Gasteiger partial charge on any atom is -0.441 e. The molecule has 1 aliphatic heterocycles. The fourth-order valence-corrected chi connectivity index (χ4v) is 3.94. The van der Waals surface area contributed by atoms with Crippen LogP contribution in [0.3, 0.4) is 0 Å². The summed E-state index contributed by atoms with van der Waals surface area (Å²) in [6.07, 6.45) is 7.04. The Morgan fingerprint density at radius 2 is 1.96 bits per heavy atom. The lowest BCUT2D eigenvalue weighted by Gasteiger charge is -2.23. The second-order valence-corrected chi connectivity index (χ2v) is 7.38. The van der Waals surface area contributed by atoms with E-state index < -0.39 is 0 Å². The monoisotopic (exact) mass is 377 g/mol. The molecule has 2 aromatic heterocycles. The lowest BCUT2D eigenvalue weighted by Crippen LogP contribution is -2.34.